The van der Waals surface area contributed by atoms with Crippen molar-refractivity contribution in [1.82, 2.24) is 0 Å². The molecule has 0 saturated carbocycles. The van der Waals surface area contributed by atoms with Gasteiger partial charge in [-0.2, -0.15) is 0 Å². The summed E-state index contributed by atoms with van der Waals surface area (Å²) in [5.41, 5.74) is 5.37. The van der Waals surface area contributed by atoms with E-state index < -0.39 is 32.5 Å². The summed E-state index contributed by atoms with van der Waals surface area (Å²) < 4.78 is 32.9. The monoisotopic (exact) mass is 1030 g/mol. The van der Waals surface area contributed by atoms with Crippen molar-refractivity contribution < 1.29 is 37.6 Å². The lowest BCUT2D eigenvalue weighted by Crippen LogP contribution is -2.29. The number of ether oxygens (including phenoxy) is 2. The van der Waals surface area contributed by atoms with Gasteiger partial charge in [0, 0.05) is 19.4 Å². The maximum Gasteiger partial charge on any atom is 0.472 e. The molecule has 73 heavy (non-hydrogen) atoms. The van der Waals surface area contributed by atoms with E-state index in [1.165, 1.54) is 38.5 Å². The Hall–Kier alpha value is -4.37. The molecule has 410 valence electrons. The lowest BCUT2D eigenvalue weighted by Gasteiger charge is -2.19. The van der Waals surface area contributed by atoms with Gasteiger partial charge < -0.3 is 20.1 Å². The zero-order chi connectivity index (χ0) is 53.1. The number of allylic oxidation sites excluding steroid dienone is 26. The Balaban J connectivity index is 4.18. The average molecular weight is 1030 g/mol. The highest BCUT2D eigenvalue weighted by molar-refractivity contribution is 7.47. The Bertz CT molecular complexity index is 1740. The van der Waals surface area contributed by atoms with Crippen LogP contribution in [-0.4, -0.2) is 49.3 Å². The van der Waals surface area contributed by atoms with E-state index in [1.807, 2.05) is 6.08 Å². The minimum absolute atomic E-state index is 0.0343. The molecule has 9 nitrogen and oxygen atoms in total. The summed E-state index contributed by atoms with van der Waals surface area (Å²) in [6.07, 6.45) is 82.9. The molecule has 0 heterocycles. The van der Waals surface area contributed by atoms with Crippen LogP contribution in [0.2, 0.25) is 0 Å². The second-order valence-corrected chi connectivity index (χ2v) is 19.1. The lowest BCUT2D eigenvalue weighted by atomic mass is 10.1. The molecule has 0 bridgehead atoms. The van der Waals surface area contributed by atoms with Crippen molar-refractivity contribution in [1.29, 1.82) is 0 Å². The number of hydrogen-bond acceptors (Lipinski definition) is 8. The third-order valence-electron chi connectivity index (χ3n) is 10.9. The molecule has 0 aliphatic rings. The van der Waals surface area contributed by atoms with Crippen LogP contribution in [0, 0.1) is 0 Å². The molecule has 0 amide bonds. The van der Waals surface area contributed by atoms with Gasteiger partial charge >= 0.3 is 19.8 Å². The Morgan fingerprint density at radius 1 is 0.411 bits per heavy atom. The molecular formula is C63H100NO8P. The minimum Gasteiger partial charge on any atom is -0.462 e. The van der Waals surface area contributed by atoms with Crippen molar-refractivity contribution >= 4 is 19.8 Å². The van der Waals surface area contributed by atoms with Crippen molar-refractivity contribution in [3.05, 3.63) is 158 Å². The molecule has 0 saturated heterocycles. The van der Waals surface area contributed by atoms with Gasteiger partial charge in [-0.25, -0.2) is 4.57 Å². The van der Waals surface area contributed by atoms with Gasteiger partial charge in [-0.15, -0.1) is 0 Å². The van der Waals surface area contributed by atoms with Crippen LogP contribution < -0.4 is 5.73 Å². The topological polar surface area (TPSA) is 134 Å². The van der Waals surface area contributed by atoms with Gasteiger partial charge in [-0.3, -0.25) is 18.6 Å². The van der Waals surface area contributed by atoms with Crippen molar-refractivity contribution in [2.24, 2.45) is 5.73 Å². The molecule has 0 aromatic heterocycles. The maximum absolute atomic E-state index is 12.7. The highest BCUT2D eigenvalue weighted by Crippen LogP contribution is 2.43. The van der Waals surface area contributed by atoms with Crippen molar-refractivity contribution in [2.75, 3.05) is 26.4 Å². The van der Waals surface area contributed by atoms with E-state index in [1.54, 1.807) is 0 Å². The van der Waals surface area contributed by atoms with Crippen LogP contribution in [0.5, 0.6) is 0 Å². The number of carbonyl (C=O) groups is 2. The van der Waals surface area contributed by atoms with Gasteiger partial charge in [0.15, 0.2) is 6.10 Å². The summed E-state index contributed by atoms with van der Waals surface area (Å²) in [6, 6.07) is 0. The highest BCUT2D eigenvalue weighted by atomic mass is 31.2. The zero-order valence-corrected chi connectivity index (χ0v) is 46.4. The van der Waals surface area contributed by atoms with Gasteiger partial charge in [-0.1, -0.05) is 223 Å². The Morgan fingerprint density at radius 2 is 0.726 bits per heavy atom. The van der Waals surface area contributed by atoms with Gasteiger partial charge in [0.25, 0.3) is 0 Å². The molecule has 0 aliphatic heterocycles. The molecule has 0 aliphatic carbocycles. The minimum atomic E-state index is -4.42. The SMILES string of the molecule is CC/C=C\C/C=C\C/C=C\C/C=C\C/C=C\C/C=C\C/C=C\C/C=C\C/C=C\CCCC(=O)OC(COC(=O)CCCCCCCCCCCC/C=C\C/C=C\C/C=C\C/C=C\CC)COP(=O)(O)OCCN. The second kappa shape index (κ2) is 56.9. The molecular weight excluding hydrogens is 930 g/mol. The fourth-order valence-electron chi connectivity index (χ4n) is 6.86. The van der Waals surface area contributed by atoms with Gasteiger partial charge in [0.2, 0.25) is 0 Å². The number of hydrogen-bond donors (Lipinski definition) is 2. The highest BCUT2D eigenvalue weighted by Gasteiger charge is 2.26. The molecule has 0 fully saturated rings. The van der Waals surface area contributed by atoms with Gasteiger partial charge in [-0.05, 0) is 116 Å². The summed E-state index contributed by atoms with van der Waals surface area (Å²) in [5.74, 6) is -0.916. The van der Waals surface area contributed by atoms with Crippen LogP contribution in [-0.2, 0) is 32.7 Å². The van der Waals surface area contributed by atoms with E-state index in [2.05, 4.69) is 166 Å². The first-order valence-corrected chi connectivity index (χ1v) is 29.5. The molecule has 0 aromatic rings. The molecule has 2 atom stereocenters. The first kappa shape index (κ1) is 68.6. The summed E-state index contributed by atoms with van der Waals surface area (Å²) in [4.78, 5) is 35.1. The number of carbonyl (C=O) groups excluding carboxylic acids is 2. The van der Waals surface area contributed by atoms with Gasteiger partial charge in [0.1, 0.15) is 6.61 Å². The lowest BCUT2D eigenvalue weighted by molar-refractivity contribution is -0.161. The summed E-state index contributed by atoms with van der Waals surface area (Å²) in [7, 11) is -4.42. The number of nitrogens with two attached hydrogens (primary N) is 1. The number of phosphoric acid groups is 1. The molecule has 10 heteroatoms. The van der Waals surface area contributed by atoms with E-state index in [4.69, 9.17) is 24.3 Å². The third kappa shape index (κ3) is 56.8. The fraction of sp³-hybridized carbons (Fsp3) is 0.556. The van der Waals surface area contributed by atoms with Crippen LogP contribution in [0.4, 0.5) is 0 Å². The number of rotatable bonds is 50. The molecule has 0 radical (unpaired) electrons. The molecule has 2 unspecified atom stereocenters. The predicted octanol–water partition coefficient (Wildman–Crippen LogP) is 17.7. The van der Waals surface area contributed by atoms with Crippen molar-refractivity contribution in [3.63, 3.8) is 0 Å². The average Bonchev–Trinajstić information content (AvgIpc) is 3.38. The van der Waals surface area contributed by atoms with E-state index in [-0.39, 0.29) is 32.6 Å². The van der Waals surface area contributed by atoms with Crippen molar-refractivity contribution in [2.45, 2.75) is 200 Å². The first-order chi connectivity index (χ1) is 35.8. The van der Waals surface area contributed by atoms with Crippen LogP contribution in [0.15, 0.2) is 158 Å². The summed E-state index contributed by atoms with van der Waals surface area (Å²) in [5, 5.41) is 0. The Labute approximate surface area is 445 Å². The third-order valence-corrected chi connectivity index (χ3v) is 11.9. The smallest absolute Gasteiger partial charge is 0.462 e. The second-order valence-electron chi connectivity index (χ2n) is 17.7. The molecule has 0 spiro atoms. The van der Waals surface area contributed by atoms with Crippen LogP contribution in [0.25, 0.3) is 0 Å². The molecule has 0 rings (SSSR count). The molecule has 0 aromatic carbocycles. The quantitative estimate of drug-likeness (QED) is 0.0264. The van der Waals surface area contributed by atoms with E-state index in [0.29, 0.717) is 19.3 Å². The fourth-order valence-corrected chi connectivity index (χ4v) is 7.63. The predicted molar refractivity (Wildman–Crippen MR) is 311 cm³/mol. The summed E-state index contributed by atoms with van der Waals surface area (Å²) >= 11 is 0. The van der Waals surface area contributed by atoms with Crippen LogP contribution in [0.3, 0.4) is 0 Å². The van der Waals surface area contributed by atoms with Crippen LogP contribution in [0.1, 0.15) is 194 Å². The number of esters is 2. The van der Waals surface area contributed by atoms with Crippen molar-refractivity contribution in [3.8, 4) is 0 Å². The maximum atomic E-state index is 12.7. The largest absolute Gasteiger partial charge is 0.472 e. The van der Waals surface area contributed by atoms with Gasteiger partial charge in [0.05, 0.1) is 13.2 Å². The van der Waals surface area contributed by atoms with E-state index >= 15 is 0 Å². The van der Waals surface area contributed by atoms with E-state index in [0.717, 1.165) is 109 Å². The zero-order valence-electron chi connectivity index (χ0n) is 45.5. The number of unbranched alkanes of at least 4 members (excludes halogenated alkanes) is 11. The first-order valence-electron chi connectivity index (χ1n) is 28.0. The Kier molecular flexibility index (Phi) is 53.5. The number of phosphoric ester groups is 1. The van der Waals surface area contributed by atoms with E-state index in [9.17, 15) is 19.0 Å². The normalized spacial score (nSPS) is 14.3. The standard InChI is InChI=1S/C63H100NO8P/c1-3-5-7-9-11-13-15-17-19-21-23-25-27-28-29-30-31-32-34-36-38-40-42-44-46-48-50-52-54-56-63(66)72-61(60-71-73(67,68)70-58-57-64)59-69-62(65)55-53-51-49-47-45-43-41-39-37-35-33-26-24-22-20-18-16-14-12-10-8-6-4-2/h5-8,11-14,17-20,23-26,28-29,31-32,36,38,42,44,48,50,61H,3-4,9-10,15-16,21-22,27,30,33-35,37,39-41,43,45-47,49,51-60,64H2,1-2H3,(H,67,68)/b7-5-,8-6-,13-11-,14-12-,19-17-,20-18-,25-23-,26-24-,29-28-,32-31-,38-36-,44-42-,50-48-. The Morgan fingerprint density at radius 3 is 1.10 bits per heavy atom. The van der Waals surface area contributed by atoms with Crippen LogP contribution >= 0.6 is 7.82 Å². The molecule has 3 N–H and O–H groups in total. The summed E-state index contributed by atoms with van der Waals surface area (Å²) in [6.45, 7) is 3.42.